The van der Waals surface area contributed by atoms with Crippen LogP contribution in [-0.2, 0) is 57.9 Å². The molecule has 2 aromatic carbocycles. The van der Waals surface area contributed by atoms with E-state index in [1.165, 1.54) is 6.92 Å². The van der Waals surface area contributed by atoms with Gasteiger partial charge in [-0.3, -0.25) is 33.7 Å². The zero-order chi connectivity index (χ0) is 44.2. The Labute approximate surface area is 426 Å². The van der Waals surface area contributed by atoms with Gasteiger partial charge in [-0.2, -0.15) is 0 Å². The standard InChI is InChI=1S/C42H58N10O8.2Gd/c1-6-26(2)39(51-41(59)36(49-29(5)55)21-32-24-46-34-10-8-7-9-33(32)34)42(60)50-35(15-16-37(43)56)40(58)48-23-31-13-11-30(12-14-31)22-47-38(57)25-52(19-17-44-27(3)53)20-18-45-28(4)54;;/h7-14,24,26,35-36,39,46H,3-4,6,15-23,25H2,1-2,5H3,(H2,43,56)(H,44,53)(H,45,54)(H,47,57)(H,48,58)(H,49,55)(H,50,60)(H,51,59);;/q-2;;/t26?,35-,36-,39-;;/m0../s1. The molecule has 18 nitrogen and oxygen atoms in total. The van der Waals surface area contributed by atoms with Gasteiger partial charge in [0, 0.05) is 156 Å². The van der Waals surface area contributed by atoms with Crippen LogP contribution in [0, 0.1) is 99.6 Å². The molecule has 0 aliphatic heterocycles. The molecular formula is C42H58Gd2N10O8-2. The van der Waals surface area contributed by atoms with Crippen LogP contribution < -0.4 is 43.0 Å². The molecule has 0 saturated heterocycles. The van der Waals surface area contributed by atoms with Gasteiger partial charge in [0.05, 0.1) is 18.4 Å². The third kappa shape index (κ3) is 20.5. The minimum absolute atomic E-state index is 0. The number of para-hydroxylation sites is 1. The molecule has 0 aliphatic carbocycles. The zero-order valence-corrected chi connectivity index (χ0v) is 39.7. The molecular weight excluding hydrogens is 1090 g/mol. The van der Waals surface area contributed by atoms with Gasteiger partial charge in [0.15, 0.2) is 0 Å². The number of aromatic nitrogens is 1. The maximum atomic E-state index is 13.8. The number of aromatic amines is 1. The number of nitrogens with one attached hydrogen (secondary N) is 8. The Hall–Kier alpha value is -3.91. The molecule has 3 aromatic rings. The molecule has 8 amide bonds. The second-order valence-corrected chi connectivity index (χ2v) is 14.5. The van der Waals surface area contributed by atoms with Crippen LogP contribution >= 0.6 is 0 Å². The molecule has 0 spiro atoms. The van der Waals surface area contributed by atoms with Gasteiger partial charge in [-0.25, -0.2) is 0 Å². The summed E-state index contributed by atoms with van der Waals surface area (Å²) in [5.41, 5.74) is 8.57. The Balaban J connectivity index is 0.00000961. The first-order chi connectivity index (χ1) is 28.6. The van der Waals surface area contributed by atoms with E-state index in [0.717, 1.165) is 22.0 Å². The van der Waals surface area contributed by atoms with Crippen molar-refractivity contribution in [3.63, 3.8) is 0 Å². The summed E-state index contributed by atoms with van der Waals surface area (Å²) < 4.78 is 0. The molecule has 1 aromatic heterocycles. The fourth-order valence-corrected chi connectivity index (χ4v) is 6.27. The number of H-pyrrole nitrogens is 1. The number of nitrogens with two attached hydrogens (primary N) is 1. The molecule has 1 heterocycles. The van der Waals surface area contributed by atoms with E-state index in [-0.39, 0.29) is 144 Å². The number of amides is 8. The molecule has 1 unspecified atom stereocenters. The number of rotatable bonds is 25. The largest absolute Gasteiger partial charge is 0.380 e. The van der Waals surface area contributed by atoms with Crippen LogP contribution in [0.25, 0.3) is 10.9 Å². The second-order valence-electron chi connectivity index (χ2n) is 14.5. The van der Waals surface area contributed by atoms with E-state index in [4.69, 9.17) is 5.73 Å². The molecule has 0 bridgehead atoms. The maximum Gasteiger partial charge on any atom is 0.243 e. The predicted molar refractivity (Wildman–Crippen MR) is 225 cm³/mol. The number of benzene rings is 2. The van der Waals surface area contributed by atoms with Gasteiger partial charge in [-0.05, 0) is 35.1 Å². The Kier molecular flexibility index (Phi) is 26.7. The molecule has 62 heavy (non-hydrogen) atoms. The number of carbonyl (C=O) groups excluding carboxylic acids is 8. The van der Waals surface area contributed by atoms with Crippen LogP contribution in [0.5, 0.6) is 0 Å². The van der Waals surface area contributed by atoms with Crippen molar-refractivity contribution < 1.29 is 118 Å². The van der Waals surface area contributed by atoms with Crippen molar-refractivity contribution in [3.8, 4) is 0 Å². The molecule has 20 heteroatoms. The molecule has 3 rings (SSSR count). The SMILES string of the molecule is [CH2-]C(=O)NCCN(CCNC([CH2-])=O)CC(=O)NCc1ccc(CNC(=O)[C@H](CCC(N)=O)NC(=O)[C@@H](NC(=O)[C@H](Cc2c[nH]c3ccccc23)NC(C)=O)C(C)CC)cc1.[Gd].[Gd]. The molecule has 4 atom stereocenters. The van der Waals surface area contributed by atoms with Crippen LogP contribution in [-0.4, -0.2) is 108 Å². The molecule has 10 N–H and O–H groups in total. The van der Waals surface area contributed by atoms with E-state index in [2.05, 4.69) is 56.0 Å². The fraction of sp³-hybridized carbons (Fsp3) is 0.429. The van der Waals surface area contributed by atoms with E-state index < -0.39 is 59.5 Å². The first-order valence-corrected chi connectivity index (χ1v) is 19.8. The van der Waals surface area contributed by atoms with Gasteiger partial charge in [-0.1, -0.05) is 62.7 Å². The summed E-state index contributed by atoms with van der Waals surface area (Å²) in [5, 5.41) is 19.9. The molecule has 0 radical (unpaired) electrons. The van der Waals surface area contributed by atoms with Crippen LogP contribution in [0.3, 0.4) is 0 Å². The van der Waals surface area contributed by atoms with Crippen molar-refractivity contribution in [3.05, 3.63) is 85.3 Å². The first-order valence-electron chi connectivity index (χ1n) is 19.8. The topological polar surface area (TPSA) is 266 Å². The summed E-state index contributed by atoms with van der Waals surface area (Å²) in [5.74, 6) is -4.40. The Morgan fingerprint density at radius 2 is 1.32 bits per heavy atom. The summed E-state index contributed by atoms with van der Waals surface area (Å²) in [4.78, 5) is 105. The third-order valence-corrected chi connectivity index (χ3v) is 9.75. The number of hydrogen-bond acceptors (Lipinski definition) is 9. The van der Waals surface area contributed by atoms with E-state index >= 15 is 0 Å². The van der Waals surface area contributed by atoms with E-state index in [1.807, 2.05) is 31.2 Å². The van der Waals surface area contributed by atoms with Crippen molar-refractivity contribution in [2.24, 2.45) is 11.7 Å². The summed E-state index contributed by atoms with van der Waals surface area (Å²) in [6.45, 7) is 13.0. The number of hydrogen-bond donors (Lipinski definition) is 9. The zero-order valence-electron chi connectivity index (χ0n) is 35.2. The Morgan fingerprint density at radius 3 is 1.87 bits per heavy atom. The molecule has 0 aliphatic rings. The van der Waals surface area contributed by atoms with Gasteiger partial charge in [-0.15, -0.1) is 0 Å². The van der Waals surface area contributed by atoms with Crippen LogP contribution in [0.1, 0.15) is 56.7 Å². The predicted octanol–water partition coefficient (Wildman–Crippen LogP) is -0.369. The quantitative estimate of drug-likeness (QED) is 0.0501. The minimum atomic E-state index is -1.16. The Morgan fingerprint density at radius 1 is 0.742 bits per heavy atom. The monoisotopic (exact) mass is 1150 g/mol. The van der Waals surface area contributed by atoms with Gasteiger partial charge < -0.3 is 71.4 Å². The Bertz CT molecular complexity index is 1940. The van der Waals surface area contributed by atoms with Crippen molar-refractivity contribution in [2.75, 3.05) is 32.7 Å². The number of nitrogens with zero attached hydrogens (tertiary/aromatic N) is 1. The van der Waals surface area contributed by atoms with Crippen LogP contribution in [0.15, 0.2) is 54.7 Å². The summed E-state index contributed by atoms with van der Waals surface area (Å²) in [6, 6.07) is 11.4. The van der Waals surface area contributed by atoms with Gasteiger partial charge in [0.2, 0.25) is 35.4 Å². The van der Waals surface area contributed by atoms with Crippen molar-refractivity contribution >= 4 is 58.2 Å². The van der Waals surface area contributed by atoms with Crippen molar-refractivity contribution in [1.29, 1.82) is 0 Å². The fourth-order valence-electron chi connectivity index (χ4n) is 6.27. The average molecular weight is 1150 g/mol. The number of fused-ring (bicyclic) bond motifs is 1. The summed E-state index contributed by atoms with van der Waals surface area (Å²) in [7, 11) is 0. The smallest absolute Gasteiger partial charge is 0.243 e. The summed E-state index contributed by atoms with van der Waals surface area (Å²) in [6.07, 6.45) is 2.15. The van der Waals surface area contributed by atoms with E-state index in [0.29, 0.717) is 25.1 Å². The summed E-state index contributed by atoms with van der Waals surface area (Å²) >= 11 is 0. The minimum Gasteiger partial charge on any atom is -0.380 e. The number of carbonyl (C=O) groups is 8. The first kappa shape index (κ1) is 56.1. The molecule has 342 valence electrons. The van der Waals surface area contributed by atoms with Crippen molar-refractivity contribution in [2.45, 2.75) is 77.7 Å². The molecule has 0 fully saturated rings. The van der Waals surface area contributed by atoms with Gasteiger partial charge >= 0.3 is 0 Å². The van der Waals surface area contributed by atoms with Gasteiger partial charge in [0.25, 0.3) is 0 Å². The molecule has 0 saturated carbocycles. The third-order valence-electron chi connectivity index (χ3n) is 9.75. The van der Waals surface area contributed by atoms with Crippen LogP contribution in [0.4, 0.5) is 0 Å². The van der Waals surface area contributed by atoms with E-state index in [9.17, 15) is 38.4 Å². The second kappa shape index (κ2) is 29.5. The normalized spacial score (nSPS) is 12.5. The van der Waals surface area contributed by atoms with Crippen LogP contribution in [0.2, 0.25) is 0 Å². The van der Waals surface area contributed by atoms with E-state index in [1.54, 1.807) is 42.3 Å². The van der Waals surface area contributed by atoms with Gasteiger partial charge in [0.1, 0.15) is 18.1 Å². The number of primary amides is 1. The maximum absolute atomic E-state index is 13.8. The average Bonchev–Trinajstić information content (AvgIpc) is 3.61. The van der Waals surface area contributed by atoms with Crippen molar-refractivity contribution in [1.82, 2.24) is 47.1 Å².